The summed E-state index contributed by atoms with van der Waals surface area (Å²) >= 11 is 9.92. The standard InChI is InChI=1S/C16H24BrClN2/c1-3-16(4-2)7-8-20(11-16)15(10-19)13-9-12(17)5-6-14(13)18/h5-6,9,15H,3-4,7-8,10-11,19H2,1-2H3. The molecule has 1 fully saturated rings. The van der Waals surface area contributed by atoms with E-state index in [9.17, 15) is 0 Å². The first-order chi connectivity index (χ1) is 9.55. The van der Waals surface area contributed by atoms with Gasteiger partial charge in [0.05, 0.1) is 0 Å². The second kappa shape index (κ2) is 6.78. The number of hydrogen-bond donors (Lipinski definition) is 1. The molecule has 0 saturated carbocycles. The highest BCUT2D eigenvalue weighted by Gasteiger charge is 2.38. The third-order valence-corrected chi connectivity index (χ3v) is 5.79. The molecule has 2 rings (SSSR count). The van der Waals surface area contributed by atoms with Crippen molar-refractivity contribution in [1.82, 2.24) is 4.90 Å². The van der Waals surface area contributed by atoms with E-state index in [1.165, 1.54) is 19.3 Å². The third kappa shape index (κ3) is 3.22. The number of benzene rings is 1. The van der Waals surface area contributed by atoms with Crippen LogP contribution < -0.4 is 5.73 Å². The van der Waals surface area contributed by atoms with Crippen molar-refractivity contribution in [3.8, 4) is 0 Å². The monoisotopic (exact) mass is 358 g/mol. The Kier molecular flexibility index (Phi) is 5.52. The zero-order chi connectivity index (χ0) is 14.8. The van der Waals surface area contributed by atoms with Crippen LogP contribution in [0.25, 0.3) is 0 Å². The minimum absolute atomic E-state index is 0.222. The normalized spacial score (nSPS) is 20.2. The average molecular weight is 360 g/mol. The average Bonchev–Trinajstić information content (AvgIpc) is 2.88. The smallest absolute Gasteiger partial charge is 0.0485 e. The fourth-order valence-electron chi connectivity index (χ4n) is 3.31. The summed E-state index contributed by atoms with van der Waals surface area (Å²) in [4.78, 5) is 2.51. The Labute approximate surface area is 135 Å². The number of halogens is 2. The summed E-state index contributed by atoms with van der Waals surface area (Å²) in [5, 5.41) is 0.814. The molecule has 4 heteroatoms. The SMILES string of the molecule is CCC1(CC)CCN(C(CN)c2cc(Br)ccc2Cl)C1. The Bertz CT molecular complexity index is 460. The van der Waals surface area contributed by atoms with Gasteiger partial charge < -0.3 is 5.73 Å². The van der Waals surface area contributed by atoms with Crippen LogP contribution in [0.5, 0.6) is 0 Å². The molecule has 1 aromatic rings. The van der Waals surface area contributed by atoms with Crippen LogP contribution in [0.15, 0.2) is 22.7 Å². The zero-order valence-electron chi connectivity index (χ0n) is 12.3. The molecule has 20 heavy (non-hydrogen) atoms. The molecule has 1 unspecified atom stereocenters. The van der Waals surface area contributed by atoms with Crippen LogP contribution in [0.3, 0.4) is 0 Å². The molecule has 0 bridgehead atoms. The van der Waals surface area contributed by atoms with Gasteiger partial charge in [0.25, 0.3) is 0 Å². The van der Waals surface area contributed by atoms with Gasteiger partial charge >= 0.3 is 0 Å². The van der Waals surface area contributed by atoms with Gasteiger partial charge in [0.1, 0.15) is 0 Å². The molecular weight excluding hydrogens is 336 g/mol. The first-order valence-electron chi connectivity index (χ1n) is 7.44. The Morgan fingerprint density at radius 3 is 2.65 bits per heavy atom. The Morgan fingerprint density at radius 1 is 1.40 bits per heavy atom. The van der Waals surface area contributed by atoms with Gasteiger partial charge in [-0.15, -0.1) is 0 Å². The number of nitrogens with zero attached hydrogens (tertiary/aromatic N) is 1. The second-order valence-corrected chi connectivity index (χ2v) is 7.17. The molecule has 0 aromatic heterocycles. The van der Waals surface area contributed by atoms with Gasteiger partial charge in [-0.1, -0.05) is 41.4 Å². The van der Waals surface area contributed by atoms with Gasteiger partial charge in [-0.2, -0.15) is 0 Å². The molecule has 112 valence electrons. The largest absolute Gasteiger partial charge is 0.329 e. The van der Waals surface area contributed by atoms with Crippen molar-refractivity contribution in [3.63, 3.8) is 0 Å². The lowest BCUT2D eigenvalue weighted by atomic mass is 9.82. The minimum Gasteiger partial charge on any atom is -0.329 e. The highest BCUT2D eigenvalue weighted by Crippen LogP contribution is 2.41. The van der Waals surface area contributed by atoms with Crippen molar-refractivity contribution in [1.29, 1.82) is 0 Å². The highest BCUT2D eigenvalue weighted by molar-refractivity contribution is 9.10. The van der Waals surface area contributed by atoms with E-state index in [-0.39, 0.29) is 6.04 Å². The van der Waals surface area contributed by atoms with Gasteiger partial charge in [0.2, 0.25) is 0 Å². The topological polar surface area (TPSA) is 29.3 Å². The molecule has 0 spiro atoms. The molecule has 2 nitrogen and oxygen atoms in total. The van der Waals surface area contributed by atoms with Gasteiger partial charge in [0.15, 0.2) is 0 Å². The molecule has 0 aliphatic carbocycles. The maximum atomic E-state index is 6.38. The fraction of sp³-hybridized carbons (Fsp3) is 0.625. The summed E-state index contributed by atoms with van der Waals surface area (Å²) in [5.74, 6) is 0. The maximum Gasteiger partial charge on any atom is 0.0485 e. The van der Waals surface area contributed by atoms with Crippen LogP contribution in [0.1, 0.15) is 44.7 Å². The van der Waals surface area contributed by atoms with E-state index in [0.29, 0.717) is 12.0 Å². The molecule has 1 atom stereocenters. The van der Waals surface area contributed by atoms with Gasteiger partial charge in [-0.05, 0) is 55.0 Å². The van der Waals surface area contributed by atoms with E-state index in [2.05, 4.69) is 40.7 Å². The molecule has 1 saturated heterocycles. The summed E-state index contributed by atoms with van der Waals surface area (Å²) in [6.07, 6.45) is 3.75. The molecule has 1 aromatic carbocycles. The zero-order valence-corrected chi connectivity index (χ0v) is 14.7. The fourth-order valence-corrected chi connectivity index (χ4v) is 3.93. The molecule has 0 radical (unpaired) electrons. The lowest BCUT2D eigenvalue weighted by Gasteiger charge is -2.31. The Balaban J connectivity index is 2.23. The molecule has 1 aliphatic rings. The first-order valence-corrected chi connectivity index (χ1v) is 8.61. The molecule has 0 amide bonds. The van der Waals surface area contributed by atoms with Crippen LogP contribution in [-0.4, -0.2) is 24.5 Å². The van der Waals surface area contributed by atoms with E-state index in [1.54, 1.807) is 0 Å². The van der Waals surface area contributed by atoms with Gasteiger partial charge in [-0.25, -0.2) is 0 Å². The second-order valence-electron chi connectivity index (χ2n) is 5.84. The van der Waals surface area contributed by atoms with Crippen molar-refractivity contribution < 1.29 is 0 Å². The van der Waals surface area contributed by atoms with Crippen molar-refractivity contribution >= 4 is 27.5 Å². The minimum atomic E-state index is 0.222. The van der Waals surface area contributed by atoms with Crippen LogP contribution in [0.4, 0.5) is 0 Å². The lowest BCUT2D eigenvalue weighted by Crippen LogP contribution is -2.34. The van der Waals surface area contributed by atoms with Crippen molar-refractivity contribution in [2.24, 2.45) is 11.1 Å². The Hall–Kier alpha value is -0.0900. The maximum absolute atomic E-state index is 6.38. The van der Waals surface area contributed by atoms with Crippen molar-refractivity contribution in [2.45, 2.75) is 39.2 Å². The van der Waals surface area contributed by atoms with Gasteiger partial charge in [-0.3, -0.25) is 4.90 Å². The van der Waals surface area contributed by atoms with Crippen LogP contribution >= 0.6 is 27.5 Å². The third-order valence-electron chi connectivity index (χ3n) is 4.95. The predicted octanol–water partition coefficient (Wildman–Crippen LogP) is 4.61. The van der Waals surface area contributed by atoms with Crippen LogP contribution in [-0.2, 0) is 0 Å². The summed E-state index contributed by atoms with van der Waals surface area (Å²) < 4.78 is 1.06. The molecule has 2 N–H and O–H groups in total. The number of nitrogens with two attached hydrogens (primary N) is 1. The van der Waals surface area contributed by atoms with Crippen molar-refractivity contribution in [3.05, 3.63) is 33.3 Å². The van der Waals surface area contributed by atoms with E-state index >= 15 is 0 Å². The van der Waals surface area contributed by atoms with E-state index < -0.39 is 0 Å². The summed E-state index contributed by atoms with van der Waals surface area (Å²) in [7, 11) is 0. The summed E-state index contributed by atoms with van der Waals surface area (Å²) in [6.45, 7) is 7.46. The number of likely N-dealkylation sites (tertiary alicyclic amines) is 1. The van der Waals surface area contributed by atoms with Crippen molar-refractivity contribution in [2.75, 3.05) is 19.6 Å². The summed E-state index contributed by atoms with van der Waals surface area (Å²) in [5.41, 5.74) is 7.67. The quantitative estimate of drug-likeness (QED) is 0.831. The number of hydrogen-bond acceptors (Lipinski definition) is 2. The number of rotatable bonds is 5. The van der Waals surface area contributed by atoms with Gasteiger partial charge in [0, 0.05) is 28.6 Å². The highest BCUT2D eigenvalue weighted by atomic mass is 79.9. The predicted molar refractivity (Wildman–Crippen MR) is 90.2 cm³/mol. The molecule has 1 aliphatic heterocycles. The molecular formula is C16H24BrClN2. The van der Waals surface area contributed by atoms with Crippen LogP contribution in [0.2, 0.25) is 5.02 Å². The lowest BCUT2D eigenvalue weighted by molar-refractivity contribution is 0.197. The van der Waals surface area contributed by atoms with E-state index in [1.807, 2.05) is 12.1 Å². The molecule has 1 heterocycles. The van der Waals surface area contributed by atoms with Crippen LogP contribution in [0, 0.1) is 5.41 Å². The Morgan fingerprint density at radius 2 is 2.10 bits per heavy atom. The van der Waals surface area contributed by atoms with E-state index in [0.717, 1.165) is 28.1 Å². The summed E-state index contributed by atoms with van der Waals surface area (Å²) in [6, 6.07) is 6.26. The van der Waals surface area contributed by atoms with E-state index in [4.69, 9.17) is 17.3 Å². The first kappa shape index (κ1) is 16.3.